The molecule has 19 heavy (non-hydrogen) atoms. The quantitative estimate of drug-likeness (QED) is 0.893. The van der Waals surface area contributed by atoms with Crippen LogP contribution in [-0.4, -0.2) is 17.5 Å². The highest BCUT2D eigenvalue weighted by atomic mass is 16.5. The van der Waals surface area contributed by atoms with E-state index in [1.54, 1.807) is 18.3 Å². The second-order valence-electron chi connectivity index (χ2n) is 4.16. The van der Waals surface area contributed by atoms with Crippen molar-refractivity contribution in [2.45, 2.75) is 13.0 Å². The molecule has 0 spiro atoms. The average Bonchev–Trinajstić information content (AvgIpc) is 2.47. The van der Waals surface area contributed by atoms with Crippen molar-refractivity contribution >= 4 is 5.91 Å². The number of aromatic nitrogens is 1. The van der Waals surface area contributed by atoms with E-state index in [0.29, 0.717) is 5.88 Å². The lowest BCUT2D eigenvalue weighted by Crippen LogP contribution is -2.31. The summed E-state index contributed by atoms with van der Waals surface area (Å²) in [5.41, 5.74) is 1.06. The minimum absolute atomic E-state index is 0.0335. The summed E-state index contributed by atoms with van der Waals surface area (Å²) in [6.45, 7) is 1.90. The summed E-state index contributed by atoms with van der Waals surface area (Å²) >= 11 is 0. The van der Waals surface area contributed by atoms with Gasteiger partial charge in [0.15, 0.2) is 6.61 Å². The summed E-state index contributed by atoms with van der Waals surface area (Å²) in [7, 11) is 0. The van der Waals surface area contributed by atoms with Gasteiger partial charge in [-0.1, -0.05) is 36.4 Å². The fourth-order valence-corrected chi connectivity index (χ4v) is 1.68. The fraction of sp³-hybridized carbons (Fsp3) is 0.200. The van der Waals surface area contributed by atoms with E-state index in [1.807, 2.05) is 43.3 Å². The van der Waals surface area contributed by atoms with E-state index in [1.165, 1.54) is 0 Å². The van der Waals surface area contributed by atoms with Crippen molar-refractivity contribution in [2.75, 3.05) is 6.61 Å². The van der Waals surface area contributed by atoms with Crippen LogP contribution in [0.25, 0.3) is 0 Å². The highest BCUT2D eigenvalue weighted by molar-refractivity contribution is 5.77. The number of rotatable bonds is 5. The van der Waals surface area contributed by atoms with Crippen LogP contribution in [0, 0.1) is 0 Å². The molecule has 4 nitrogen and oxygen atoms in total. The number of carbonyl (C=O) groups is 1. The van der Waals surface area contributed by atoms with Gasteiger partial charge in [-0.25, -0.2) is 4.98 Å². The third kappa shape index (κ3) is 4.10. The van der Waals surface area contributed by atoms with Crippen molar-refractivity contribution in [1.29, 1.82) is 0 Å². The number of nitrogens with one attached hydrogen (secondary N) is 1. The average molecular weight is 256 g/mol. The third-order valence-electron chi connectivity index (χ3n) is 2.67. The Balaban J connectivity index is 1.82. The highest BCUT2D eigenvalue weighted by Gasteiger charge is 2.09. The van der Waals surface area contributed by atoms with Crippen LogP contribution >= 0.6 is 0 Å². The minimum atomic E-state index is -0.165. The number of carbonyl (C=O) groups excluding carboxylic acids is 1. The molecule has 1 aromatic heterocycles. The Morgan fingerprint density at radius 3 is 2.63 bits per heavy atom. The molecule has 0 aliphatic rings. The molecule has 1 aromatic carbocycles. The molecule has 0 bridgehead atoms. The van der Waals surface area contributed by atoms with Crippen molar-refractivity contribution in [2.24, 2.45) is 0 Å². The van der Waals surface area contributed by atoms with Gasteiger partial charge in [0, 0.05) is 12.3 Å². The van der Waals surface area contributed by atoms with Gasteiger partial charge in [0.05, 0.1) is 6.04 Å². The monoisotopic (exact) mass is 256 g/mol. The zero-order valence-electron chi connectivity index (χ0n) is 10.7. The van der Waals surface area contributed by atoms with Crippen molar-refractivity contribution in [1.82, 2.24) is 10.3 Å². The molecule has 0 fully saturated rings. The predicted molar refractivity (Wildman–Crippen MR) is 72.7 cm³/mol. The molecule has 1 unspecified atom stereocenters. The van der Waals surface area contributed by atoms with Crippen molar-refractivity contribution in [3.63, 3.8) is 0 Å². The van der Waals surface area contributed by atoms with Gasteiger partial charge in [-0.15, -0.1) is 0 Å². The number of amides is 1. The molecule has 2 aromatic rings. The zero-order chi connectivity index (χ0) is 13.5. The smallest absolute Gasteiger partial charge is 0.258 e. The third-order valence-corrected chi connectivity index (χ3v) is 2.67. The molecule has 98 valence electrons. The van der Waals surface area contributed by atoms with Gasteiger partial charge in [-0.05, 0) is 18.6 Å². The summed E-state index contributed by atoms with van der Waals surface area (Å²) in [5.74, 6) is 0.284. The van der Waals surface area contributed by atoms with E-state index in [4.69, 9.17) is 4.74 Å². The Morgan fingerprint density at radius 2 is 1.95 bits per heavy atom. The van der Waals surface area contributed by atoms with Gasteiger partial charge >= 0.3 is 0 Å². The van der Waals surface area contributed by atoms with Crippen LogP contribution in [-0.2, 0) is 4.79 Å². The Bertz CT molecular complexity index is 514. The molecule has 4 heteroatoms. The molecular formula is C15H16N2O2. The lowest BCUT2D eigenvalue weighted by atomic mass is 10.1. The van der Waals surface area contributed by atoms with Crippen molar-refractivity contribution in [3.8, 4) is 5.88 Å². The van der Waals surface area contributed by atoms with Gasteiger partial charge in [-0.3, -0.25) is 4.79 Å². The van der Waals surface area contributed by atoms with Crippen LogP contribution in [0.15, 0.2) is 54.7 Å². The predicted octanol–water partition coefficient (Wildman–Crippen LogP) is 2.34. The topological polar surface area (TPSA) is 51.2 Å². The van der Waals surface area contributed by atoms with Gasteiger partial charge < -0.3 is 10.1 Å². The fourth-order valence-electron chi connectivity index (χ4n) is 1.68. The second-order valence-corrected chi connectivity index (χ2v) is 4.16. The van der Waals surface area contributed by atoms with Crippen molar-refractivity contribution < 1.29 is 9.53 Å². The first-order valence-electron chi connectivity index (χ1n) is 6.14. The van der Waals surface area contributed by atoms with Crippen LogP contribution < -0.4 is 10.1 Å². The first-order chi connectivity index (χ1) is 9.25. The summed E-state index contributed by atoms with van der Waals surface area (Å²) in [6, 6.07) is 15.1. The molecule has 1 N–H and O–H groups in total. The summed E-state index contributed by atoms with van der Waals surface area (Å²) in [6.07, 6.45) is 1.62. The van der Waals surface area contributed by atoms with E-state index >= 15 is 0 Å². The SMILES string of the molecule is CC(NC(=O)COc1ccccn1)c1ccccc1. The van der Waals surface area contributed by atoms with Gasteiger partial charge in [-0.2, -0.15) is 0 Å². The highest BCUT2D eigenvalue weighted by Crippen LogP contribution is 2.10. The van der Waals surface area contributed by atoms with Crippen LogP contribution in [0.4, 0.5) is 0 Å². The minimum Gasteiger partial charge on any atom is -0.468 e. The standard InChI is InChI=1S/C15H16N2O2/c1-12(13-7-3-2-4-8-13)17-14(18)11-19-15-9-5-6-10-16-15/h2-10,12H,11H2,1H3,(H,17,18). The van der Waals surface area contributed by atoms with E-state index in [9.17, 15) is 4.79 Å². The molecule has 0 aliphatic heterocycles. The zero-order valence-corrected chi connectivity index (χ0v) is 10.7. The lowest BCUT2D eigenvalue weighted by molar-refractivity contribution is -0.123. The lowest BCUT2D eigenvalue weighted by Gasteiger charge is -2.14. The molecule has 1 atom stereocenters. The van der Waals surface area contributed by atoms with Gasteiger partial charge in [0.1, 0.15) is 0 Å². The van der Waals surface area contributed by atoms with Crippen LogP contribution in [0.5, 0.6) is 5.88 Å². The first-order valence-corrected chi connectivity index (χ1v) is 6.14. The molecule has 0 aliphatic carbocycles. The number of pyridine rings is 1. The number of hydrogen-bond donors (Lipinski definition) is 1. The van der Waals surface area contributed by atoms with Crippen molar-refractivity contribution in [3.05, 3.63) is 60.3 Å². The van der Waals surface area contributed by atoms with E-state index in [0.717, 1.165) is 5.56 Å². The maximum absolute atomic E-state index is 11.7. The maximum Gasteiger partial charge on any atom is 0.258 e. The summed E-state index contributed by atoms with van der Waals surface area (Å²) in [5, 5.41) is 2.87. The van der Waals surface area contributed by atoms with E-state index in [2.05, 4.69) is 10.3 Å². The number of nitrogens with zero attached hydrogens (tertiary/aromatic N) is 1. The van der Waals surface area contributed by atoms with Crippen LogP contribution in [0.2, 0.25) is 0 Å². The van der Waals surface area contributed by atoms with Gasteiger partial charge in [0.25, 0.3) is 5.91 Å². The number of hydrogen-bond acceptors (Lipinski definition) is 3. The Labute approximate surface area is 112 Å². The Hall–Kier alpha value is -2.36. The molecule has 0 saturated heterocycles. The molecule has 1 amide bonds. The Kier molecular flexibility index (Phi) is 4.50. The van der Waals surface area contributed by atoms with Crippen LogP contribution in [0.3, 0.4) is 0 Å². The maximum atomic E-state index is 11.7. The van der Waals surface area contributed by atoms with E-state index in [-0.39, 0.29) is 18.6 Å². The molecule has 0 saturated carbocycles. The number of benzene rings is 1. The normalized spacial score (nSPS) is 11.6. The first kappa shape index (κ1) is 13.1. The molecular weight excluding hydrogens is 240 g/mol. The van der Waals surface area contributed by atoms with E-state index < -0.39 is 0 Å². The summed E-state index contributed by atoms with van der Waals surface area (Å²) in [4.78, 5) is 15.7. The molecule has 1 heterocycles. The molecule has 2 rings (SSSR count). The summed E-state index contributed by atoms with van der Waals surface area (Å²) < 4.78 is 5.28. The largest absolute Gasteiger partial charge is 0.468 e. The Morgan fingerprint density at radius 1 is 1.21 bits per heavy atom. The number of ether oxygens (including phenoxy) is 1. The molecule has 0 radical (unpaired) electrons. The second kappa shape index (κ2) is 6.54. The van der Waals surface area contributed by atoms with Crippen LogP contribution in [0.1, 0.15) is 18.5 Å². The van der Waals surface area contributed by atoms with Gasteiger partial charge in [0.2, 0.25) is 5.88 Å².